The molecule has 9 heteroatoms. The minimum atomic E-state index is -1.08. The predicted octanol–water partition coefficient (Wildman–Crippen LogP) is 1.54. The SMILES string of the molecule is COCCOc1ccc(-n2nc(C)c(C(=O)N(CC(=O)O)C(C)C)n2)cc1. The topological polar surface area (TPSA) is 107 Å². The molecule has 27 heavy (non-hydrogen) atoms. The lowest BCUT2D eigenvalue weighted by atomic mass is 10.2. The van der Waals surface area contributed by atoms with Gasteiger partial charge in [0, 0.05) is 13.2 Å². The number of carboxylic acids is 1. The highest BCUT2D eigenvalue weighted by atomic mass is 16.5. The summed E-state index contributed by atoms with van der Waals surface area (Å²) in [4.78, 5) is 26.3. The van der Waals surface area contributed by atoms with E-state index in [2.05, 4.69) is 10.2 Å². The third kappa shape index (κ3) is 5.27. The summed E-state index contributed by atoms with van der Waals surface area (Å²) in [6.07, 6.45) is 0. The molecule has 146 valence electrons. The summed E-state index contributed by atoms with van der Waals surface area (Å²) in [5.74, 6) is -0.856. The van der Waals surface area contributed by atoms with Crippen LogP contribution >= 0.6 is 0 Å². The lowest BCUT2D eigenvalue weighted by Crippen LogP contribution is -2.41. The monoisotopic (exact) mass is 376 g/mol. The molecule has 9 nitrogen and oxygen atoms in total. The number of hydrogen-bond acceptors (Lipinski definition) is 6. The molecule has 1 aromatic heterocycles. The van der Waals surface area contributed by atoms with Crippen LogP contribution in [0.5, 0.6) is 5.75 Å². The summed E-state index contributed by atoms with van der Waals surface area (Å²) in [6, 6.07) is 6.81. The first-order valence-corrected chi connectivity index (χ1v) is 8.52. The molecule has 1 heterocycles. The molecule has 0 saturated carbocycles. The van der Waals surface area contributed by atoms with Crippen LogP contribution in [0.25, 0.3) is 5.69 Å². The Morgan fingerprint density at radius 2 is 1.85 bits per heavy atom. The number of nitrogens with zero attached hydrogens (tertiary/aromatic N) is 4. The van der Waals surface area contributed by atoms with Gasteiger partial charge in [-0.1, -0.05) is 0 Å². The summed E-state index contributed by atoms with van der Waals surface area (Å²) in [7, 11) is 1.61. The van der Waals surface area contributed by atoms with Gasteiger partial charge in [-0.2, -0.15) is 9.90 Å². The van der Waals surface area contributed by atoms with Gasteiger partial charge in [-0.15, -0.1) is 5.10 Å². The molecule has 1 N–H and O–H groups in total. The number of methoxy groups -OCH3 is 1. The average Bonchev–Trinajstić information content (AvgIpc) is 3.01. The largest absolute Gasteiger partial charge is 0.491 e. The third-order valence-corrected chi connectivity index (χ3v) is 3.80. The maximum Gasteiger partial charge on any atom is 0.323 e. The van der Waals surface area contributed by atoms with Crippen molar-refractivity contribution in [1.82, 2.24) is 19.9 Å². The van der Waals surface area contributed by atoms with Gasteiger partial charge in [0.05, 0.1) is 18.0 Å². The number of aliphatic carboxylic acids is 1. The molecule has 2 rings (SSSR count). The zero-order chi connectivity index (χ0) is 20.0. The molecule has 0 atom stereocenters. The van der Waals surface area contributed by atoms with Crippen molar-refractivity contribution in [2.45, 2.75) is 26.8 Å². The van der Waals surface area contributed by atoms with E-state index in [1.165, 1.54) is 9.70 Å². The number of carboxylic acid groups (broad SMARTS) is 1. The molecule has 0 bridgehead atoms. The second kappa shape index (κ2) is 9.13. The smallest absolute Gasteiger partial charge is 0.323 e. The fraction of sp³-hybridized carbons (Fsp3) is 0.444. The van der Waals surface area contributed by atoms with E-state index < -0.39 is 18.4 Å². The second-order valence-corrected chi connectivity index (χ2v) is 6.18. The maximum absolute atomic E-state index is 12.7. The van der Waals surface area contributed by atoms with Crippen molar-refractivity contribution in [2.24, 2.45) is 0 Å². The Morgan fingerprint density at radius 3 is 2.41 bits per heavy atom. The Bertz CT molecular complexity index is 786. The van der Waals surface area contributed by atoms with E-state index in [0.29, 0.717) is 30.3 Å². The van der Waals surface area contributed by atoms with Gasteiger partial charge in [-0.05, 0) is 45.0 Å². The summed E-state index contributed by atoms with van der Waals surface area (Å²) in [5, 5.41) is 17.6. The van der Waals surface area contributed by atoms with E-state index in [1.54, 1.807) is 52.1 Å². The minimum absolute atomic E-state index is 0.130. The van der Waals surface area contributed by atoms with Crippen molar-refractivity contribution < 1.29 is 24.2 Å². The van der Waals surface area contributed by atoms with Crippen LogP contribution in [-0.4, -0.2) is 69.8 Å². The fourth-order valence-electron chi connectivity index (χ4n) is 2.38. The van der Waals surface area contributed by atoms with Crippen LogP contribution in [0.2, 0.25) is 0 Å². The molecule has 0 fully saturated rings. The molecule has 0 spiro atoms. The van der Waals surface area contributed by atoms with E-state index in [-0.39, 0.29) is 11.7 Å². The van der Waals surface area contributed by atoms with E-state index in [1.807, 2.05) is 0 Å². The maximum atomic E-state index is 12.7. The van der Waals surface area contributed by atoms with E-state index >= 15 is 0 Å². The number of aryl methyl sites for hydroxylation is 1. The first-order chi connectivity index (χ1) is 12.8. The van der Waals surface area contributed by atoms with E-state index in [0.717, 1.165) is 0 Å². The van der Waals surface area contributed by atoms with Crippen LogP contribution in [0.15, 0.2) is 24.3 Å². The normalized spacial score (nSPS) is 10.9. The first-order valence-electron chi connectivity index (χ1n) is 8.52. The Kier molecular flexibility index (Phi) is 6.89. The van der Waals surface area contributed by atoms with E-state index in [4.69, 9.17) is 14.6 Å². The van der Waals surface area contributed by atoms with Gasteiger partial charge in [0.15, 0.2) is 5.69 Å². The molecule has 2 aromatic rings. The summed E-state index contributed by atoms with van der Waals surface area (Å²) in [5.41, 5.74) is 1.22. The van der Waals surface area contributed by atoms with E-state index in [9.17, 15) is 9.59 Å². The number of hydrogen-bond donors (Lipinski definition) is 1. The molecule has 0 aliphatic heterocycles. The van der Waals surface area contributed by atoms with Gasteiger partial charge in [0.2, 0.25) is 0 Å². The molecular weight excluding hydrogens is 352 g/mol. The van der Waals surface area contributed by atoms with Gasteiger partial charge in [0.25, 0.3) is 5.91 Å². The number of aromatic nitrogens is 3. The van der Waals surface area contributed by atoms with Crippen LogP contribution in [0.3, 0.4) is 0 Å². The summed E-state index contributed by atoms with van der Waals surface area (Å²) >= 11 is 0. The Morgan fingerprint density at radius 1 is 1.19 bits per heavy atom. The van der Waals surface area contributed by atoms with Gasteiger partial charge in [-0.25, -0.2) is 0 Å². The number of benzene rings is 1. The summed E-state index contributed by atoms with van der Waals surface area (Å²) < 4.78 is 10.4. The van der Waals surface area contributed by atoms with Crippen molar-refractivity contribution in [2.75, 3.05) is 26.9 Å². The van der Waals surface area contributed by atoms with Crippen LogP contribution in [0.1, 0.15) is 30.0 Å². The molecule has 0 aliphatic carbocycles. The van der Waals surface area contributed by atoms with Crippen LogP contribution in [-0.2, 0) is 9.53 Å². The third-order valence-electron chi connectivity index (χ3n) is 3.80. The Hall–Kier alpha value is -2.94. The number of carbonyl (C=O) groups is 2. The first kappa shape index (κ1) is 20.4. The quantitative estimate of drug-likeness (QED) is 0.662. The molecule has 0 radical (unpaired) electrons. The fourth-order valence-corrected chi connectivity index (χ4v) is 2.38. The van der Waals surface area contributed by atoms with Gasteiger partial charge in [-0.3, -0.25) is 9.59 Å². The standard InChI is InChI=1S/C18H24N4O5/c1-12(2)21(11-16(23)24)18(25)17-13(3)19-22(20-17)14-5-7-15(8-6-14)27-10-9-26-4/h5-8,12H,9-11H2,1-4H3,(H,23,24). The zero-order valence-corrected chi connectivity index (χ0v) is 15.9. The molecule has 0 aliphatic rings. The van der Waals surface area contributed by atoms with Crippen molar-refractivity contribution >= 4 is 11.9 Å². The second-order valence-electron chi connectivity index (χ2n) is 6.18. The highest BCUT2D eigenvalue weighted by Crippen LogP contribution is 2.16. The zero-order valence-electron chi connectivity index (χ0n) is 15.9. The molecule has 0 unspecified atom stereocenters. The Labute approximate surface area is 157 Å². The highest BCUT2D eigenvalue weighted by Gasteiger charge is 2.26. The number of rotatable bonds is 9. The van der Waals surface area contributed by atoms with Gasteiger partial charge < -0.3 is 19.5 Å². The van der Waals surface area contributed by atoms with Crippen molar-refractivity contribution in [3.8, 4) is 11.4 Å². The average molecular weight is 376 g/mol. The minimum Gasteiger partial charge on any atom is -0.491 e. The summed E-state index contributed by atoms with van der Waals surface area (Å²) in [6.45, 7) is 5.72. The lowest BCUT2D eigenvalue weighted by Gasteiger charge is -2.23. The van der Waals surface area contributed by atoms with Gasteiger partial charge >= 0.3 is 5.97 Å². The van der Waals surface area contributed by atoms with Crippen molar-refractivity contribution in [1.29, 1.82) is 0 Å². The highest BCUT2D eigenvalue weighted by molar-refractivity contribution is 5.95. The van der Waals surface area contributed by atoms with Crippen LogP contribution in [0, 0.1) is 6.92 Å². The molecule has 1 aromatic carbocycles. The van der Waals surface area contributed by atoms with Crippen LogP contribution in [0.4, 0.5) is 0 Å². The van der Waals surface area contributed by atoms with Crippen molar-refractivity contribution in [3.63, 3.8) is 0 Å². The van der Waals surface area contributed by atoms with Gasteiger partial charge in [0.1, 0.15) is 18.9 Å². The lowest BCUT2D eigenvalue weighted by molar-refractivity contribution is -0.138. The number of amides is 1. The molecular formula is C18H24N4O5. The molecule has 0 saturated heterocycles. The Balaban J connectivity index is 2.19. The van der Waals surface area contributed by atoms with Crippen molar-refractivity contribution in [3.05, 3.63) is 35.7 Å². The molecule has 1 amide bonds. The predicted molar refractivity (Wildman–Crippen MR) is 97.3 cm³/mol. The number of carbonyl (C=O) groups excluding carboxylic acids is 1. The van der Waals surface area contributed by atoms with Crippen LogP contribution < -0.4 is 4.74 Å². The number of ether oxygens (including phenoxy) is 2.